The van der Waals surface area contributed by atoms with Crippen LogP contribution in [0.2, 0.25) is 0 Å². The Morgan fingerprint density at radius 1 is 1.56 bits per heavy atom. The largest absolute Gasteiger partial charge is 0.383 e. The van der Waals surface area contributed by atoms with Gasteiger partial charge in [-0.3, -0.25) is 0 Å². The highest BCUT2D eigenvalue weighted by Gasteiger charge is 2.30. The number of rotatable bonds is 5. The van der Waals surface area contributed by atoms with Crippen LogP contribution in [0.25, 0.3) is 0 Å². The van der Waals surface area contributed by atoms with Gasteiger partial charge in [0, 0.05) is 25.6 Å². The number of nitrogens with one attached hydrogen (secondary N) is 1. The molecule has 6 nitrogen and oxygen atoms in total. The third-order valence-corrected chi connectivity index (χ3v) is 4.02. The summed E-state index contributed by atoms with van der Waals surface area (Å²) in [5, 5.41) is 12.5. The molecule has 3 N–H and O–H groups in total. The molecule has 96 valence electrons. The van der Waals surface area contributed by atoms with Gasteiger partial charge in [0.1, 0.15) is 23.0 Å². The van der Waals surface area contributed by atoms with Gasteiger partial charge in [0.15, 0.2) is 0 Å². The van der Waals surface area contributed by atoms with E-state index in [0.29, 0.717) is 11.7 Å². The lowest BCUT2D eigenvalue weighted by atomic mass is 10.2. The zero-order chi connectivity index (χ0) is 12.5. The molecule has 0 amide bonds. The topological polar surface area (TPSA) is 81.7 Å². The summed E-state index contributed by atoms with van der Waals surface area (Å²) in [6.45, 7) is 0.827. The minimum atomic E-state index is 0.626. The van der Waals surface area contributed by atoms with Gasteiger partial charge in [-0.25, -0.2) is 0 Å². The van der Waals surface area contributed by atoms with E-state index in [0.717, 1.165) is 23.8 Å². The Hall–Kier alpha value is -1.63. The van der Waals surface area contributed by atoms with E-state index >= 15 is 0 Å². The summed E-state index contributed by atoms with van der Waals surface area (Å²) in [5.41, 5.74) is 7.13. The maximum atomic E-state index is 5.91. The molecule has 0 unspecified atom stereocenters. The lowest BCUT2D eigenvalue weighted by molar-refractivity contribution is 0.789. The van der Waals surface area contributed by atoms with E-state index in [1.807, 2.05) is 11.6 Å². The maximum Gasteiger partial charge on any atom is 0.142 e. The summed E-state index contributed by atoms with van der Waals surface area (Å²) in [4.78, 5) is 0. The first kappa shape index (κ1) is 11.5. The first-order valence-electron chi connectivity index (χ1n) is 6.07. The molecule has 2 aromatic rings. The van der Waals surface area contributed by atoms with Gasteiger partial charge in [-0.2, -0.15) is 4.37 Å². The van der Waals surface area contributed by atoms with Gasteiger partial charge < -0.3 is 15.6 Å². The van der Waals surface area contributed by atoms with E-state index in [1.54, 1.807) is 6.33 Å². The number of anilines is 2. The second-order valence-corrected chi connectivity index (χ2v) is 5.39. The van der Waals surface area contributed by atoms with Gasteiger partial charge in [0.05, 0.1) is 0 Å². The number of nitrogens with zero attached hydrogens (tertiary/aromatic N) is 4. The summed E-state index contributed by atoms with van der Waals surface area (Å²) < 4.78 is 6.17. The van der Waals surface area contributed by atoms with Crippen molar-refractivity contribution < 1.29 is 0 Å². The molecule has 0 saturated heterocycles. The van der Waals surface area contributed by atoms with Crippen LogP contribution in [0.1, 0.15) is 30.1 Å². The smallest absolute Gasteiger partial charge is 0.142 e. The normalized spacial score (nSPS) is 14.9. The van der Waals surface area contributed by atoms with E-state index in [1.165, 1.54) is 29.9 Å². The van der Waals surface area contributed by atoms with Crippen molar-refractivity contribution in [1.29, 1.82) is 0 Å². The molecule has 1 aliphatic rings. The Morgan fingerprint density at radius 3 is 3.06 bits per heavy atom. The third-order valence-electron chi connectivity index (χ3n) is 3.18. The Morgan fingerprint density at radius 2 is 2.39 bits per heavy atom. The van der Waals surface area contributed by atoms with Crippen LogP contribution in [-0.2, 0) is 13.5 Å². The predicted octanol–water partition coefficient (Wildman–Crippen LogP) is 1.39. The molecule has 1 saturated carbocycles. The molecule has 1 aliphatic carbocycles. The average Bonchev–Trinajstić information content (AvgIpc) is 3.01. The van der Waals surface area contributed by atoms with Crippen LogP contribution in [0, 0.1) is 0 Å². The molecule has 1 fully saturated rings. The summed E-state index contributed by atoms with van der Waals surface area (Å²) in [7, 11) is 1.95. The van der Waals surface area contributed by atoms with E-state index in [-0.39, 0.29) is 0 Å². The van der Waals surface area contributed by atoms with E-state index in [4.69, 9.17) is 5.73 Å². The van der Waals surface area contributed by atoms with Gasteiger partial charge >= 0.3 is 0 Å². The molecule has 0 atom stereocenters. The molecule has 2 aromatic heterocycles. The van der Waals surface area contributed by atoms with Crippen molar-refractivity contribution in [2.45, 2.75) is 25.2 Å². The summed E-state index contributed by atoms with van der Waals surface area (Å²) in [6, 6.07) is 0. The SMILES string of the molecule is Cn1cnnc1CCNc1snc(N)c1C1CC1. The molecule has 3 rings (SSSR count). The number of nitrogens with two attached hydrogens (primary N) is 1. The minimum absolute atomic E-state index is 0.626. The molecule has 0 radical (unpaired) electrons. The minimum Gasteiger partial charge on any atom is -0.383 e. The highest BCUT2D eigenvalue weighted by Crippen LogP contribution is 2.47. The van der Waals surface area contributed by atoms with E-state index < -0.39 is 0 Å². The molecule has 0 aromatic carbocycles. The molecular weight excluding hydrogens is 248 g/mol. The van der Waals surface area contributed by atoms with Crippen molar-refractivity contribution >= 4 is 22.4 Å². The highest BCUT2D eigenvalue weighted by atomic mass is 32.1. The second kappa shape index (κ2) is 4.56. The van der Waals surface area contributed by atoms with Crippen molar-refractivity contribution in [2.75, 3.05) is 17.6 Å². The lowest BCUT2D eigenvalue weighted by Gasteiger charge is -2.05. The summed E-state index contributed by atoms with van der Waals surface area (Å²) in [6.07, 6.45) is 5.04. The molecule has 18 heavy (non-hydrogen) atoms. The van der Waals surface area contributed by atoms with E-state index in [9.17, 15) is 0 Å². The first-order chi connectivity index (χ1) is 8.75. The molecule has 2 heterocycles. The van der Waals surface area contributed by atoms with E-state index in [2.05, 4.69) is 19.9 Å². The van der Waals surface area contributed by atoms with Gasteiger partial charge in [-0.15, -0.1) is 10.2 Å². The fraction of sp³-hybridized carbons (Fsp3) is 0.545. The molecule has 0 aliphatic heterocycles. The first-order valence-corrected chi connectivity index (χ1v) is 6.85. The van der Waals surface area contributed by atoms with Crippen molar-refractivity contribution in [2.24, 2.45) is 7.05 Å². The fourth-order valence-corrected chi connectivity index (χ4v) is 2.85. The Kier molecular flexibility index (Phi) is 2.91. The van der Waals surface area contributed by atoms with Crippen LogP contribution in [0.5, 0.6) is 0 Å². The van der Waals surface area contributed by atoms with Crippen molar-refractivity contribution in [3.05, 3.63) is 17.7 Å². The summed E-state index contributed by atoms with van der Waals surface area (Å²) in [5.74, 6) is 2.30. The molecule has 0 spiro atoms. The fourth-order valence-electron chi connectivity index (χ4n) is 2.02. The monoisotopic (exact) mass is 264 g/mol. The third kappa shape index (κ3) is 2.17. The number of nitrogen functional groups attached to an aromatic ring is 1. The predicted molar refractivity (Wildman–Crippen MR) is 71.7 cm³/mol. The summed E-state index contributed by atoms with van der Waals surface area (Å²) >= 11 is 1.46. The molecular formula is C11H16N6S. The maximum absolute atomic E-state index is 5.91. The van der Waals surface area contributed by atoms with Crippen LogP contribution < -0.4 is 11.1 Å². The van der Waals surface area contributed by atoms with Crippen molar-refractivity contribution in [3.63, 3.8) is 0 Å². The van der Waals surface area contributed by atoms with Crippen molar-refractivity contribution in [1.82, 2.24) is 19.1 Å². The van der Waals surface area contributed by atoms with Crippen LogP contribution >= 0.6 is 11.5 Å². The number of hydrogen-bond donors (Lipinski definition) is 2. The number of aryl methyl sites for hydroxylation is 1. The van der Waals surface area contributed by atoms with Gasteiger partial charge in [-0.05, 0) is 30.3 Å². The van der Waals surface area contributed by atoms with Crippen LogP contribution in [0.3, 0.4) is 0 Å². The molecule has 0 bridgehead atoms. The number of aromatic nitrogens is 4. The van der Waals surface area contributed by atoms with Crippen LogP contribution in [0.15, 0.2) is 6.33 Å². The van der Waals surface area contributed by atoms with Gasteiger partial charge in [0.2, 0.25) is 0 Å². The zero-order valence-corrected chi connectivity index (χ0v) is 11.1. The van der Waals surface area contributed by atoms with Gasteiger partial charge in [-0.1, -0.05) is 0 Å². The Bertz CT molecular complexity index is 541. The lowest BCUT2D eigenvalue weighted by Crippen LogP contribution is -2.08. The van der Waals surface area contributed by atoms with Gasteiger partial charge in [0.25, 0.3) is 0 Å². The standard InChI is InChI=1S/C11H16N6S/c1-17-6-14-15-8(17)4-5-13-11-9(7-2-3-7)10(12)16-18-11/h6-7,13H,2-5H2,1H3,(H2,12,16). The van der Waals surface area contributed by atoms with Crippen LogP contribution in [0.4, 0.5) is 10.8 Å². The highest BCUT2D eigenvalue weighted by molar-refractivity contribution is 7.10. The van der Waals surface area contributed by atoms with Crippen LogP contribution in [-0.4, -0.2) is 25.7 Å². The Balaban J connectivity index is 1.62. The number of hydrogen-bond acceptors (Lipinski definition) is 6. The average molecular weight is 264 g/mol. The molecule has 7 heteroatoms. The van der Waals surface area contributed by atoms with Crippen molar-refractivity contribution in [3.8, 4) is 0 Å². The second-order valence-electron chi connectivity index (χ2n) is 4.62. The zero-order valence-electron chi connectivity index (χ0n) is 10.3. The quantitative estimate of drug-likeness (QED) is 0.852. The Labute approximate surface area is 109 Å².